The monoisotopic (exact) mass is 1050 g/mol. The molecule has 0 fully saturated rings. The van der Waals surface area contributed by atoms with Gasteiger partial charge in [-0.2, -0.15) is 9.82 Å². The van der Waals surface area contributed by atoms with Gasteiger partial charge in [-0.3, -0.25) is 18.8 Å². The number of amides is 1. The third-order valence-corrected chi connectivity index (χ3v) is 15.5. The van der Waals surface area contributed by atoms with Gasteiger partial charge in [0.2, 0.25) is 26.0 Å². The van der Waals surface area contributed by atoms with Gasteiger partial charge in [-0.25, -0.2) is 26.5 Å². The van der Waals surface area contributed by atoms with Crippen molar-refractivity contribution in [3.63, 3.8) is 0 Å². The topological polar surface area (TPSA) is 214 Å². The van der Waals surface area contributed by atoms with Crippen LogP contribution < -0.4 is 20.1 Å². The number of anilines is 1. The Morgan fingerprint density at radius 2 is 1.27 bits per heavy atom. The van der Waals surface area contributed by atoms with E-state index in [1.54, 1.807) is 48.7 Å². The maximum absolute atomic E-state index is 13.5. The van der Waals surface area contributed by atoms with Crippen molar-refractivity contribution in [1.29, 1.82) is 0 Å². The lowest BCUT2D eigenvalue weighted by Gasteiger charge is -2.38. The van der Waals surface area contributed by atoms with Gasteiger partial charge in [-0.1, -0.05) is 115 Å². The van der Waals surface area contributed by atoms with Gasteiger partial charge in [0.15, 0.2) is 0 Å². The molecule has 75 heavy (non-hydrogen) atoms. The van der Waals surface area contributed by atoms with Crippen molar-refractivity contribution in [2.24, 2.45) is 0 Å². The van der Waals surface area contributed by atoms with Gasteiger partial charge in [0.05, 0.1) is 41.8 Å². The highest BCUT2D eigenvalue weighted by Crippen LogP contribution is 2.42. The van der Waals surface area contributed by atoms with Gasteiger partial charge in [0.25, 0.3) is 5.91 Å². The summed E-state index contributed by atoms with van der Waals surface area (Å²) in [5.74, 6) is -0.727. The Labute approximate surface area is 437 Å². The number of carbonyl (C=O) groups is 2. The molecule has 1 atom stereocenters. The lowest BCUT2D eigenvalue weighted by Crippen LogP contribution is -2.48. The molecule has 0 radical (unpaired) electrons. The summed E-state index contributed by atoms with van der Waals surface area (Å²) in [4.78, 5) is 31.0. The van der Waals surface area contributed by atoms with E-state index in [-0.39, 0.29) is 21.9 Å². The number of sulfonamides is 2. The van der Waals surface area contributed by atoms with Crippen LogP contribution in [0, 0.1) is 0 Å². The van der Waals surface area contributed by atoms with Crippen molar-refractivity contribution >= 4 is 48.8 Å². The van der Waals surface area contributed by atoms with Crippen LogP contribution in [-0.4, -0.2) is 107 Å². The highest BCUT2D eigenvalue weighted by molar-refractivity contribution is 7.89. The Morgan fingerprint density at radius 3 is 1.85 bits per heavy atom. The van der Waals surface area contributed by atoms with Crippen LogP contribution >= 0.6 is 0 Å². The van der Waals surface area contributed by atoms with Crippen molar-refractivity contribution in [1.82, 2.24) is 34.1 Å². The first-order valence-corrected chi connectivity index (χ1v) is 27.5. The molecule has 17 nitrogen and oxygen atoms in total. The number of fused-ring (bicyclic) bond motifs is 1. The first-order chi connectivity index (χ1) is 36.4. The molecule has 19 heteroatoms. The van der Waals surface area contributed by atoms with Crippen LogP contribution in [0.5, 0.6) is 0 Å². The Kier molecular flexibility index (Phi) is 18.0. The summed E-state index contributed by atoms with van der Waals surface area (Å²) in [6.45, 7) is 4.77. The van der Waals surface area contributed by atoms with Crippen LogP contribution in [0.1, 0.15) is 46.8 Å². The van der Waals surface area contributed by atoms with Crippen LogP contribution in [0.4, 0.5) is 5.95 Å². The first-order valence-electron chi connectivity index (χ1n) is 24.6. The summed E-state index contributed by atoms with van der Waals surface area (Å²) < 4.78 is 77.3. The second kappa shape index (κ2) is 25.1. The fourth-order valence-corrected chi connectivity index (χ4v) is 11.1. The number of hydrogen-bond acceptors (Lipinski definition) is 12. The first kappa shape index (κ1) is 53.8. The molecule has 0 aliphatic carbocycles. The van der Waals surface area contributed by atoms with Gasteiger partial charge in [0.1, 0.15) is 11.6 Å². The minimum absolute atomic E-state index is 0.0797. The molecule has 1 unspecified atom stereocenters. The molecular formula is C56H60N8O9S2. The number of methoxy groups -OCH3 is 1. The van der Waals surface area contributed by atoms with Gasteiger partial charge in [0, 0.05) is 62.7 Å². The van der Waals surface area contributed by atoms with Crippen LogP contribution in [-0.2, 0) is 51.1 Å². The molecule has 6 aromatic carbocycles. The van der Waals surface area contributed by atoms with Gasteiger partial charge in [-0.15, -0.1) is 0 Å². The van der Waals surface area contributed by atoms with Crippen molar-refractivity contribution in [2.45, 2.75) is 47.7 Å². The minimum atomic E-state index is -4.29. The fraction of sp³-hybridized carbons (Fsp3) is 0.250. The summed E-state index contributed by atoms with van der Waals surface area (Å²) in [5.41, 5.74) is 4.91. The van der Waals surface area contributed by atoms with E-state index < -0.39 is 50.0 Å². The quantitative estimate of drug-likeness (QED) is 0.0229. The van der Waals surface area contributed by atoms with Crippen molar-refractivity contribution in [2.75, 3.05) is 58.5 Å². The van der Waals surface area contributed by atoms with Gasteiger partial charge >= 0.3 is 5.97 Å². The van der Waals surface area contributed by atoms with Crippen LogP contribution in [0.2, 0.25) is 0 Å². The summed E-state index contributed by atoms with van der Waals surface area (Å²) in [6, 6.07) is 46.9. The summed E-state index contributed by atoms with van der Waals surface area (Å²) in [7, 11) is -6.93. The average Bonchev–Trinajstić information content (AvgIpc) is 4.09. The minimum Gasteiger partial charge on any atom is -0.468 e. The zero-order chi connectivity index (χ0) is 52.7. The molecule has 0 saturated heterocycles. The highest BCUT2D eigenvalue weighted by Gasteiger charge is 2.39. The van der Waals surface area contributed by atoms with E-state index in [2.05, 4.69) is 103 Å². The second-order valence-electron chi connectivity index (χ2n) is 17.4. The predicted octanol–water partition coefficient (Wildman–Crippen LogP) is 7.21. The third kappa shape index (κ3) is 12.9. The number of rotatable bonds is 27. The largest absolute Gasteiger partial charge is 0.468 e. The van der Waals surface area contributed by atoms with Crippen LogP contribution in [0.15, 0.2) is 186 Å². The molecule has 0 spiro atoms. The zero-order valence-electron chi connectivity index (χ0n) is 41.7. The van der Waals surface area contributed by atoms with Gasteiger partial charge < -0.3 is 24.8 Å². The van der Waals surface area contributed by atoms with E-state index in [4.69, 9.17) is 19.2 Å². The number of imidazole rings is 1. The van der Waals surface area contributed by atoms with E-state index in [9.17, 15) is 26.4 Å². The third-order valence-electron chi connectivity index (χ3n) is 12.6. The molecule has 8 rings (SSSR count). The van der Waals surface area contributed by atoms with E-state index in [1.807, 2.05) is 42.2 Å². The lowest BCUT2D eigenvalue weighted by atomic mass is 9.76. The number of aryl methyl sites for hydroxylation is 1. The number of benzene rings is 6. The summed E-state index contributed by atoms with van der Waals surface area (Å²) in [6.07, 6.45) is 6.69. The molecule has 2 aromatic heterocycles. The average molecular weight is 1050 g/mol. The number of ether oxygens (including phenoxy) is 3. The number of nitrogens with one attached hydrogen (secondary N) is 4. The molecule has 8 aromatic rings. The van der Waals surface area contributed by atoms with Crippen LogP contribution in [0.3, 0.4) is 0 Å². The van der Waals surface area contributed by atoms with Gasteiger partial charge in [-0.05, 0) is 90.0 Å². The number of esters is 1. The molecule has 0 saturated carbocycles. The van der Waals surface area contributed by atoms with E-state index in [0.717, 1.165) is 34.7 Å². The predicted molar refractivity (Wildman–Crippen MR) is 287 cm³/mol. The number of aromatic nitrogens is 4. The molecular weight excluding hydrogens is 993 g/mol. The van der Waals surface area contributed by atoms with E-state index >= 15 is 0 Å². The molecule has 0 bridgehead atoms. The zero-order valence-corrected chi connectivity index (χ0v) is 43.3. The van der Waals surface area contributed by atoms with E-state index in [1.165, 1.54) is 24.3 Å². The highest BCUT2D eigenvalue weighted by atomic mass is 32.2. The summed E-state index contributed by atoms with van der Waals surface area (Å²) >= 11 is 0. The fourth-order valence-electron chi connectivity index (χ4n) is 8.84. The van der Waals surface area contributed by atoms with E-state index in [0.29, 0.717) is 69.4 Å². The molecule has 2 heterocycles. The molecule has 0 aliphatic heterocycles. The molecule has 4 N–H and O–H groups in total. The number of hydrogen-bond donors (Lipinski definition) is 4. The maximum atomic E-state index is 13.5. The summed E-state index contributed by atoms with van der Waals surface area (Å²) in [5, 5.41) is 11.6. The lowest BCUT2D eigenvalue weighted by molar-refractivity contribution is -0.142. The Morgan fingerprint density at radius 1 is 0.680 bits per heavy atom. The standard InChI is InChI=1S/C56H60N8O9S2/c1-3-72-37-38-73-36-14-32-61-74(67,68)49-26-21-42(22-27-49)43-23-28-50(29-24-43)75(69,70)62-51(54(66)71-2)41-59-53(65)44-25-30-52-45(39-44)40-60-64(52)34-13-31-57-55-58-33-35-63(55)56(46-15-7-4-8-16-46,47-17-9-5-10-18-47)48-19-11-6-12-20-48/h4-12,15-30,33,35,39-40,51,61-62H,3,13-14,31-32,34,36-38,41H2,1-2H3,(H,57,58)(H,59,65). The number of nitrogens with zero attached hydrogens (tertiary/aromatic N) is 4. The van der Waals surface area contributed by atoms with Crippen molar-refractivity contribution in [3.05, 3.63) is 199 Å². The Bertz CT molecular complexity index is 3260. The maximum Gasteiger partial charge on any atom is 0.325 e. The Hall–Kier alpha value is -7.52. The second-order valence-corrected chi connectivity index (χ2v) is 20.8. The normalized spacial score (nSPS) is 12.3. The van der Waals surface area contributed by atoms with Crippen molar-refractivity contribution in [3.8, 4) is 11.1 Å². The molecule has 390 valence electrons. The molecule has 0 aliphatic rings. The SMILES string of the molecule is CCOCCOCCCNS(=O)(=O)c1ccc(-c2ccc(S(=O)(=O)NC(CNC(=O)c3ccc4c(cnn4CCCNc4nccn4C(c4ccccc4)(c4ccccc4)c4ccccc4)c3)C(=O)OC)cc2)cc1. The number of carbonyl (C=O) groups excluding carboxylic acids is 2. The molecule has 1 amide bonds. The Balaban J connectivity index is 0.855. The van der Waals surface area contributed by atoms with Crippen LogP contribution in [0.25, 0.3) is 22.0 Å². The van der Waals surface area contributed by atoms with Crippen molar-refractivity contribution < 1.29 is 40.6 Å². The smallest absolute Gasteiger partial charge is 0.325 e.